The molecule has 2 fully saturated rings. The van der Waals surface area contributed by atoms with E-state index in [1.54, 1.807) is 0 Å². The molecule has 1 aliphatic heterocycles. The van der Waals surface area contributed by atoms with E-state index in [0.29, 0.717) is 42.7 Å². The van der Waals surface area contributed by atoms with E-state index >= 15 is 0 Å². The topological polar surface area (TPSA) is 74.9 Å². The highest BCUT2D eigenvalue weighted by Crippen LogP contribution is 2.38. The summed E-state index contributed by atoms with van der Waals surface area (Å²) in [6, 6.07) is 4.49. The molecule has 0 spiro atoms. The van der Waals surface area contributed by atoms with Crippen molar-refractivity contribution >= 4 is 5.69 Å². The van der Waals surface area contributed by atoms with Gasteiger partial charge in [-0.15, -0.1) is 0 Å². The molecule has 3 heterocycles. The molecular formula is C19H18F3N5O. The summed E-state index contributed by atoms with van der Waals surface area (Å²) in [5.41, 5.74) is 0.0760. The summed E-state index contributed by atoms with van der Waals surface area (Å²) < 4.78 is 43.7. The molecule has 0 amide bonds. The van der Waals surface area contributed by atoms with Crippen LogP contribution in [0.4, 0.5) is 18.9 Å². The molecule has 28 heavy (non-hydrogen) atoms. The van der Waals surface area contributed by atoms with Gasteiger partial charge in [0, 0.05) is 24.9 Å². The van der Waals surface area contributed by atoms with Gasteiger partial charge in [0.25, 0.3) is 0 Å². The first-order valence-electron chi connectivity index (χ1n) is 9.12. The van der Waals surface area contributed by atoms with E-state index in [0.717, 1.165) is 31.2 Å². The van der Waals surface area contributed by atoms with Gasteiger partial charge in [0.2, 0.25) is 5.88 Å². The lowest BCUT2D eigenvalue weighted by Crippen LogP contribution is -2.22. The number of pyridine rings is 1. The van der Waals surface area contributed by atoms with Gasteiger partial charge in [-0.25, -0.2) is 9.97 Å². The predicted octanol–water partition coefficient (Wildman–Crippen LogP) is 3.54. The predicted molar refractivity (Wildman–Crippen MR) is 93.8 cm³/mol. The molecule has 1 aliphatic carbocycles. The average molecular weight is 389 g/mol. The van der Waals surface area contributed by atoms with Crippen molar-refractivity contribution in [1.29, 1.82) is 5.26 Å². The van der Waals surface area contributed by atoms with E-state index < -0.39 is 11.9 Å². The number of nitrogens with zero attached hydrogens (tertiary/aromatic N) is 5. The molecule has 0 radical (unpaired) electrons. The standard InChI is InChI=1S/C19H18F3N5O/c20-19(21,22)16-4-3-15(9-24-16)27-6-5-12(10-27)11-28-18-14(7-23)8-25-17(26-18)13-1-2-13/h3-4,8-9,12-13H,1-2,5-6,10-11H2/t12-/m0/s1. The van der Waals surface area contributed by atoms with Gasteiger partial charge in [0.15, 0.2) is 0 Å². The first-order valence-corrected chi connectivity index (χ1v) is 9.12. The number of ether oxygens (including phenoxy) is 1. The van der Waals surface area contributed by atoms with Crippen LogP contribution in [0.15, 0.2) is 24.5 Å². The van der Waals surface area contributed by atoms with Gasteiger partial charge in [-0.2, -0.15) is 23.4 Å². The lowest BCUT2D eigenvalue weighted by Gasteiger charge is -2.19. The fraction of sp³-hybridized carbons (Fsp3) is 0.474. The van der Waals surface area contributed by atoms with Crippen molar-refractivity contribution in [3.63, 3.8) is 0 Å². The van der Waals surface area contributed by atoms with E-state index in [9.17, 15) is 18.4 Å². The van der Waals surface area contributed by atoms with Crippen LogP contribution in [0.1, 0.15) is 42.3 Å². The molecule has 0 bridgehead atoms. The minimum atomic E-state index is -4.44. The smallest absolute Gasteiger partial charge is 0.433 e. The number of aromatic nitrogens is 3. The Morgan fingerprint density at radius 3 is 2.64 bits per heavy atom. The number of nitriles is 1. The Bertz CT molecular complexity index is 890. The fourth-order valence-electron chi connectivity index (χ4n) is 3.24. The molecule has 1 saturated carbocycles. The van der Waals surface area contributed by atoms with Crippen LogP contribution in [0.3, 0.4) is 0 Å². The highest BCUT2D eigenvalue weighted by Gasteiger charge is 2.33. The van der Waals surface area contributed by atoms with Gasteiger partial charge < -0.3 is 9.64 Å². The summed E-state index contributed by atoms with van der Waals surface area (Å²) in [5, 5.41) is 9.22. The molecule has 1 saturated heterocycles. The number of hydrogen-bond acceptors (Lipinski definition) is 6. The maximum Gasteiger partial charge on any atom is 0.433 e. The molecule has 2 aromatic rings. The van der Waals surface area contributed by atoms with Crippen LogP contribution in [-0.2, 0) is 6.18 Å². The Labute approximate surface area is 160 Å². The molecule has 6 nitrogen and oxygen atoms in total. The summed E-state index contributed by atoms with van der Waals surface area (Å²) in [7, 11) is 0. The zero-order valence-corrected chi connectivity index (χ0v) is 15.0. The van der Waals surface area contributed by atoms with Gasteiger partial charge in [-0.1, -0.05) is 0 Å². The average Bonchev–Trinajstić information content (AvgIpc) is 3.43. The Morgan fingerprint density at radius 2 is 2.00 bits per heavy atom. The SMILES string of the molecule is N#Cc1cnc(C2CC2)nc1OC[C@H]1CCN(c2ccc(C(F)(F)F)nc2)C1. The number of hydrogen-bond donors (Lipinski definition) is 0. The summed E-state index contributed by atoms with van der Waals surface area (Å²) in [6.45, 7) is 1.75. The van der Waals surface area contributed by atoms with Crippen molar-refractivity contribution in [2.24, 2.45) is 5.92 Å². The Kier molecular flexibility index (Phi) is 4.79. The van der Waals surface area contributed by atoms with Crippen LogP contribution in [0.25, 0.3) is 0 Å². The Balaban J connectivity index is 1.36. The van der Waals surface area contributed by atoms with Gasteiger partial charge in [0.1, 0.15) is 23.2 Å². The van der Waals surface area contributed by atoms with E-state index in [1.165, 1.54) is 18.5 Å². The molecule has 0 unspecified atom stereocenters. The van der Waals surface area contributed by atoms with Crippen LogP contribution in [0.2, 0.25) is 0 Å². The van der Waals surface area contributed by atoms with E-state index in [-0.39, 0.29) is 5.92 Å². The lowest BCUT2D eigenvalue weighted by molar-refractivity contribution is -0.141. The highest BCUT2D eigenvalue weighted by atomic mass is 19.4. The Morgan fingerprint density at radius 1 is 1.18 bits per heavy atom. The quantitative estimate of drug-likeness (QED) is 0.779. The normalized spacial score (nSPS) is 19.5. The maximum atomic E-state index is 12.6. The van der Waals surface area contributed by atoms with Crippen molar-refractivity contribution < 1.29 is 17.9 Å². The van der Waals surface area contributed by atoms with Gasteiger partial charge in [-0.3, -0.25) is 0 Å². The Hall–Kier alpha value is -2.89. The minimum Gasteiger partial charge on any atom is -0.476 e. The molecule has 2 aromatic heterocycles. The van der Waals surface area contributed by atoms with Crippen LogP contribution in [-0.4, -0.2) is 34.6 Å². The zero-order chi connectivity index (χ0) is 19.7. The van der Waals surface area contributed by atoms with Gasteiger partial charge in [-0.05, 0) is 31.4 Å². The van der Waals surface area contributed by atoms with Crippen LogP contribution in [0, 0.1) is 17.2 Å². The third kappa shape index (κ3) is 4.01. The van der Waals surface area contributed by atoms with Crippen molar-refractivity contribution in [2.75, 3.05) is 24.6 Å². The third-order valence-corrected chi connectivity index (χ3v) is 4.98. The molecule has 0 aromatic carbocycles. The molecule has 2 aliphatic rings. The molecule has 1 atom stereocenters. The lowest BCUT2D eigenvalue weighted by atomic mass is 10.1. The van der Waals surface area contributed by atoms with Crippen molar-refractivity contribution in [3.05, 3.63) is 41.6 Å². The summed E-state index contributed by atoms with van der Waals surface area (Å²) in [4.78, 5) is 14.1. The number of rotatable bonds is 5. The van der Waals surface area contributed by atoms with E-state index in [4.69, 9.17) is 4.74 Å². The van der Waals surface area contributed by atoms with E-state index in [1.807, 2.05) is 11.0 Å². The maximum absolute atomic E-state index is 12.6. The first kappa shape index (κ1) is 18.5. The summed E-state index contributed by atoms with van der Waals surface area (Å²) in [6.07, 6.45) is 1.28. The van der Waals surface area contributed by atoms with Crippen molar-refractivity contribution in [2.45, 2.75) is 31.4 Å². The third-order valence-electron chi connectivity index (χ3n) is 4.98. The molecular weight excluding hydrogens is 371 g/mol. The molecule has 4 rings (SSSR count). The second-order valence-corrected chi connectivity index (χ2v) is 7.14. The minimum absolute atomic E-state index is 0.188. The van der Waals surface area contributed by atoms with Crippen LogP contribution in [0.5, 0.6) is 5.88 Å². The molecule has 0 N–H and O–H groups in total. The second-order valence-electron chi connectivity index (χ2n) is 7.14. The largest absolute Gasteiger partial charge is 0.476 e. The molecule has 9 heteroatoms. The van der Waals surface area contributed by atoms with Crippen molar-refractivity contribution in [1.82, 2.24) is 15.0 Å². The first-order chi connectivity index (χ1) is 13.4. The van der Waals surface area contributed by atoms with Crippen molar-refractivity contribution in [3.8, 4) is 11.9 Å². The zero-order valence-electron chi connectivity index (χ0n) is 15.0. The summed E-state index contributed by atoms with van der Waals surface area (Å²) in [5.74, 6) is 1.59. The van der Waals surface area contributed by atoms with E-state index in [2.05, 4.69) is 15.0 Å². The highest BCUT2D eigenvalue weighted by molar-refractivity contribution is 5.46. The number of anilines is 1. The van der Waals surface area contributed by atoms with Gasteiger partial charge in [0.05, 0.1) is 24.7 Å². The van der Waals surface area contributed by atoms with Crippen LogP contribution >= 0.6 is 0 Å². The number of halogens is 3. The number of alkyl halides is 3. The summed E-state index contributed by atoms with van der Waals surface area (Å²) >= 11 is 0. The fourth-order valence-corrected chi connectivity index (χ4v) is 3.24. The monoisotopic (exact) mass is 389 g/mol. The second kappa shape index (κ2) is 7.26. The molecule has 146 valence electrons. The van der Waals surface area contributed by atoms with Crippen LogP contribution < -0.4 is 9.64 Å². The van der Waals surface area contributed by atoms with Gasteiger partial charge >= 0.3 is 6.18 Å².